The van der Waals surface area contributed by atoms with Crippen LogP contribution in [0.5, 0.6) is 5.19 Å². The van der Waals surface area contributed by atoms with E-state index in [9.17, 15) is 18.0 Å². The molecule has 1 aliphatic heterocycles. The molecule has 0 saturated heterocycles. The molecule has 11 heteroatoms. The van der Waals surface area contributed by atoms with Gasteiger partial charge in [-0.1, -0.05) is 17.4 Å². The molecule has 36 heavy (non-hydrogen) atoms. The van der Waals surface area contributed by atoms with Crippen molar-refractivity contribution < 1.29 is 22.7 Å². The first kappa shape index (κ1) is 25.0. The van der Waals surface area contributed by atoms with Gasteiger partial charge in [0.25, 0.3) is 11.1 Å². The molecule has 4 heterocycles. The molecule has 1 N–H and O–H groups in total. The maximum Gasteiger partial charge on any atom is 0.422 e. The Morgan fingerprint density at radius 1 is 1.17 bits per heavy atom. The summed E-state index contributed by atoms with van der Waals surface area (Å²) in [5.41, 5.74) is 2.25. The summed E-state index contributed by atoms with van der Waals surface area (Å²) in [4.78, 5) is 24.8. The largest absolute Gasteiger partial charge is 0.460 e. The van der Waals surface area contributed by atoms with Crippen LogP contribution in [0.3, 0.4) is 0 Å². The summed E-state index contributed by atoms with van der Waals surface area (Å²) < 4.78 is 43.8. The summed E-state index contributed by atoms with van der Waals surface area (Å²) in [5.74, 6) is 0.590. The van der Waals surface area contributed by atoms with Crippen molar-refractivity contribution in [1.29, 1.82) is 0 Å². The fourth-order valence-electron chi connectivity index (χ4n) is 5.17. The van der Waals surface area contributed by atoms with Gasteiger partial charge in [0, 0.05) is 42.8 Å². The van der Waals surface area contributed by atoms with E-state index in [1.807, 2.05) is 22.6 Å². The molecular weight excluding hydrogens is 491 g/mol. The second-order valence-corrected chi connectivity index (χ2v) is 10.7. The van der Waals surface area contributed by atoms with Crippen molar-refractivity contribution in [2.45, 2.75) is 57.2 Å². The Labute approximate surface area is 211 Å². The number of nitrogens with zero attached hydrogens (tertiary/aromatic N) is 4. The summed E-state index contributed by atoms with van der Waals surface area (Å²) >= 11 is 1.24. The van der Waals surface area contributed by atoms with E-state index in [1.165, 1.54) is 11.3 Å². The van der Waals surface area contributed by atoms with Crippen LogP contribution in [-0.2, 0) is 12.8 Å². The second kappa shape index (κ2) is 10.8. The van der Waals surface area contributed by atoms with Crippen molar-refractivity contribution >= 4 is 22.9 Å². The van der Waals surface area contributed by atoms with E-state index in [4.69, 9.17) is 4.74 Å². The number of halogens is 3. The van der Waals surface area contributed by atoms with Crippen LogP contribution in [0.15, 0.2) is 30.6 Å². The van der Waals surface area contributed by atoms with Crippen LogP contribution in [0.2, 0.25) is 0 Å². The minimum atomic E-state index is -4.35. The van der Waals surface area contributed by atoms with E-state index in [0.717, 1.165) is 80.8 Å². The number of pyridine rings is 1. The molecule has 1 saturated carbocycles. The number of nitrogens with one attached hydrogen (secondary N) is 1. The van der Waals surface area contributed by atoms with Crippen LogP contribution in [0.1, 0.15) is 53.2 Å². The zero-order valence-electron chi connectivity index (χ0n) is 20.0. The Bertz CT molecular complexity index is 1160. The number of amides is 1. The van der Waals surface area contributed by atoms with Gasteiger partial charge in [0.2, 0.25) is 0 Å². The third-order valence-corrected chi connectivity index (χ3v) is 8.20. The third kappa shape index (κ3) is 6.18. The molecule has 3 aromatic rings. The molecule has 1 fully saturated rings. The minimum Gasteiger partial charge on any atom is -0.460 e. The van der Waals surface area contributed by atoms with Gasteiger partial charge in [-0.3, -0.25) is 9.20 Å². The molecule has 1 amide bonds. The van der Waals surface area contributed by atoms with E-state index in [0.29, 0.717) is 11.6 Å². The number of hydrogen-bond donors (Lipinski definition) is 1. The predicted octanol–water partition coefficient (Wildman–Crippen LogP) is 4.51. The van der Waals surface area contributed by atoms with Crippen LogP contribution in [0, 0.1) is 5.92 Å². The normalized spacial score (nSPS) is 21.2. The lowest BCUT2D eigenvalue weighted by Gasteiger charge is -2.30. The maximum absolute atomic E-state index is 12.8. The first-order valence-corrected chi connectivity index (χ1v) is 13.3. The molecule has 0 spiro atoms. The zero-order valence-corrected chi connectivity index (χ0v) is 20.8. The first-order valence-electron chi connectivity index (χ1n) is 12.5. The van der Waals surface area contributed by atoms with Crippen LogP contribution in [0.4, 0.5) is 13.2 Å². The van der Waals surface area contributed by atoms with E-state index >= 15 is 0 Å². The molecular formula is C25H30F3N5O2S. The van der Waals surface area contributed by atoms with Crippen molar-refractivity contribution in [3.8, 4) is 5.19 Å². The fourth-order valence-corrected chi connectivity index (χ4v) is 6.11. The summed E-state index contributed by atoms with van der Waals surface area (Å²) in [7, 11) is 0. The number of aromatic nitrogens is 3. The van der Waals surface area contributed by atoms with Gasteiger partial charge < -0.3 is 15.0 Å². The fraction of sp³-hybridized carbons (Fsp3) is 0.560. The van der Waals surface area contributed by atoms with Gasteiger partial charge in [0.05, 0.1) is 5.69 Å². The molecule has 0 atom stereocenters. The number of rotatable bonds is 7. The molecule has 3 aromatic heterocycles. The summed E-state index contributed by atoms with van der Waals surface area (Å²) in [6.07, 6.45) is 5.98. The summed E-state index contributed by atoms with van der Waals surface area (Å²) in [6, 6.07) is 5.75. The lowest BCUT2D eigenvalue weighted by Crippen LogP contribution is -2.38. The van der Waals surface area contributed by atoms with Crippen molar-refractivity contribution in [3.63, 3.8) is 0 Å². The van der Waals surface area contributed by atoms with Gasteiger partial charge in [-0.25, -0.2) is 9.97 Å². The SMILES string of the molecule is O=C(N[C@H]1CC[C@H](CCN2CCc3nc(OCC(F)(F)F)sc3CC2)CC1)c1cccc2nccn12. The highest BCUT2D eigenvalue weighted by atomic mass is 32.1. The van der Waals surface area contributed by atoms with Crippen LogP contribution >= 0.6 is 11.3 Å². The summed E-state index contributed by atoms with van der Waals surface area (Å²) in [6.45, 7) is 1.47. The van der Waals surface area contributed by atoms with Crippen LogP contribution in [0.25, 0.3) is 5.65 Å². The first-order chi connectivity index (χ1) is 17.3. The van der Waals surface area contributed by atoms with Crippen molar-refractivity contribution in [1.82, 2.24) is 24.6 Å². The molecule has 0 aromatic carbocycles. The molecule has 194 valence electrons. The lowest BCUT2D eigenvalue weighted by molar-refractivity contribution is -0.153. The minimum absolute atomic E-state index is 0.0559. The Morgan fingerprint density at radius 2 is 1.97 bits per heavy atom. The smallest absolute Gasteiger partial charge is 0.422 e. The molecule has 5 rings (SSSR count). The molecule has 1 aliphatic carbocycles. The molecule has 7 nitrogen and oxygen atoms in total. The van der Waals surface area contributed by atoms with Gasteiger partial charge in [-0.05, 0) is 63.1 Å². The zero-order chi connectivity index (χ0) is 25.1. The highest BCUT2D eigenvalue weighted by Crippen LogP contribution is 2.31. The summed E-state index contributed by atoms with van der Waals surface area (Å²) in [5, 5.41) is 3.33. The highest BCUT2D eigenvalue weighted by Gasteiger charge is 2.30. The third-order valence-electron chi connectivity index (χ3n) is 7.13. The van der Waals surface area contributed by atoms with E-state index in [2.05, 4.69) is 20.2 Å². The Kier molecular flexibility index (Phi) is 7.47. The number of carbonyl (C=O) groups excluding carboxylic acids is 1. The van der Waals surface area contributed by atoms with Gasteiger partial charge in [-0.2, -0.15) is 13.2 Å². The Hall–Kier alpha value is -2.66. The second-order valence-electron chi connectivity index (χ2n) is 9.64. The van der Waals surface area contributed by atoms with Crippen LogP contribution < -0.4 is 10.1 Å². The molecule has 0 unspecified atom stereocenters. The Morgan fingerprint density at radius 3 is 2.78 bits per heavy atom. The molecule has 2 aliphatic rings. The highest BCUT2D eigenvalue weighted by molar-refractivity contribution is 7.13. The van der Waals surface area contributed by atoms with Gasteiger partial charge in [0.1, 0.15) is 11.3 Å². The van der Waals surface area contributed by atoms with Crippen LogP contribution in [-0.4, -0.2) is 63.6 Å². The Balaban J connectivity index is 1.03. The molecule has 0 bridgehead atoms. The standard InChI is InChI=1S/C25H30F3N5O2S/c26-25(27,28)16-35-24-31-19-9-13-32(14-10-21(19)36-24)12-8-17-4-6-18(7-5-17)30-23(34)20-2-1-3-22-29-11-15-33(20)22/h1-3,11,15,17-18H,4-10,12-14,16H2,(H,30,34)/t17-,18-. The van der Waals surface area contributed by atoms with Gasteiger partial charge in [-0.15, -0.1) is 0 Å². The number of fused-ring (bicyclic) bond motifs is 2. The van der Waals surface area contributed by atoms with E-state index in [-0.39, 0.29) is 17.1 Å². The van der Waals surface area contributed by atoms with Crippen molar-refractivity contribution in [3.05, 3.63) is 46.9 Å². The number of thiazole rings is 1. The quantitative estimate of drug-likeness (QED) is 0.495. The number of ether oxygens (including phenoxy) is 1. The number of alkyl halides is 3. The van der Waals surface area contributed by atoms with Gasteiger partial charge in [0.15, 0.2) is 6.61 Å². The van der Waals surface area contributed by atoms with Crippen molar-refractivity contribution in [2.24, 2.45) is 5.92 Å². The van der Waals surface area contributed by atoms with Gasteiger partial charge >= 0.3 is 6.18 Å². The maximum atomic E-state index is 12.8. The lowest BCUT2D eigenvalue weighted by atomic mass is 9.84. The van der Waals surface area contributed by atoms with E-state index < -0.39 is 12.8 Å². The monoisotopic (exact) mass is 521 g/mol. The average molecular weight is 522 g/mol. The topological polar surface area (TPSA) is 71.8 Å². The average Bonchev–Trinajstić information content (AvgIpc) is 3.45. The van der Waals surface area contributed by atoms with E-state index in [1.54, 1.807) is 12.4 Å². The predicted molar refractivity (Wildman–Crippen MR) is 131 cm³/mol. The number of imidazole rings is 1. The number of hydrogen-bond acceptors (Lipinski definition) is 6. The molecule has 0 radical (unpaired) electrons. The van der Waals surface area contributed by atoms with Crippen molar-refractivity contribution in [2.75, 3.05) is 26.2 Å². The number of carbonyl (C=O) groups is 1.